The number of nitrogens with one attached hydrogen (secondary N) is 3. The number of benzene rings is 1. The van der Waals surface area contributed by atoms with Crippen molar-refractivity contribution in [2.75, 3.05) is 39.8 Å². The van der Waals surface area contributed by atoms with Crippen LogP contribution in [-0.2, 0) is 16.9 Å². The number of hydrogen-bond acceptors (Lipinski definition) is 9. The molecule has 3 N–H and O–H groups in total. The molecular formula is C31H32N8O5. The van der Waals surface area contributed by atoms with Crippen LogP contribution in [0.3, 0.4) is 0 Å². The molecule has 5 heterocycles. The molecule has 0 aliphatic carbocycles. The summed E-state index contributed by atoms with van der Waals surface area (Å²) in [6.45, 7) is 8.69. The van der Waals surface area contributed by atoms with Crippen molar-refractivity contribution in [3.05, 3.63) is 83.5 Å². The lowest BCUT2D eigenvalue weighted by Crippen LogP contribution is -2.52. The summed E-state index contributed by atoms with van der Waals surface area (Å²) in [7, 11) is 1.52. The Bertz CT molecular complexity index is 1750. The van der Waals surface area contributed by atoms with Gasteiger partial charge in [-0.05, 0) is 30.7 Å². The number of furan rings is 1. The highest BCUT2D eigenvalue weighted by molar-refractivity contribution is 6.08. The predicted molar refractivity (Wildman–Crippen MR) is 163 cm³/mol. The van der Waals surface area contributed by atoms with Crippen LogP contribution in [0.1, 0.15) is 34.2 Å². The number of carbonyl (C=O) groups excluding carboxylic acids is 3. The minimum Gasteiger partial charge on any atom is -0.497 e. The first-order chi connectivity index (χ1) is 21.2. The van der Waals surface area contributed by atoms with Gasteiger partial charge in [0.05, 0.1) is 13.7 Å². The third-order valence-electron chi connectivity index (χ3n) is 8.09. The van der Waals surface area contributed by atoms with Crippen molar-refractivity contribution >= 4 is 41.0 Å². The van der Waals surface area contributed by atoms with Crippen molar-refractivity contribution < 1.29 is 23.5 Å². The standard InChI is InChI=1S/C31H32N8O5/c1-4-7-33-15-19(2)37-8-10-38(11-9-37)27(32)21-12-25-24(34-16-21)14-26(44-25)31(29(41)35-30(42)36-31)18-39-17-20-5-6-22(43-3)13-23(20)28(39)40/h4-7,12-16,32H,2,8-11,17-18H2,1,3H3,(H2,35,36,41,42). The highest BCUT2D eigenvalue weighted by Crippen LogP contribution is 2.35. The second kappa shape index (κ2) is 11.3. The Hall–Kier alpha value is -5.46. The molecule has 4 amide bonds. The Morgan fingerprint density at radius 1 is 1.18 bits per heavy atom. The smallest absolute Gasteiger partial charge is 0.322 e. The van der Waals surface area contributed by atoms with Crippen LogP contribution in [0.25, 0.3) is 11.1 Å². The summed E-state index contributed by atoms with van der Waals surface area (Å²) >= 11 is 0. The number of hydrogen-bond donors (Lipinski definition) is 3. The van der Waals surface area contributed by atoms with Gasteiger partial charge in [-0.15, -0.1) is 0 Å². The number of imide groups is 1. The lowest BCUT2D eigenvalue weighted by Gasteiger charge is -2.37. The minimum atomic E-state index is -1.66. The third kappa shape index (κ3) is 5.06. The first-order valence-electron chi connectivity index (χ1n) is 14.1. The molecule has 0 spiro atoms. The molecule has 6 rings (SSSR count). The van der Waals surface area contributed by atoms with E-state index in [1.54, 1.807) is 42.9 Å². The summed E-state index contributed by atoms with van der Waals surface area (Å²) in [6.07, 6.45) is 6.87. The number of ether oxygens (including phenoxy) is 1. The second-order valence-electron chi connectivity index (χ2n) is 10.8. The van der Waals surface area contributed by atoms with Crippen LogP contribution in [0, 0.1) is 5.41 Å². The molecule has 13 nitrogen and oxygen atoms in total. The molecule has 13 heteroatoms. The highest BCUT2D eigenvalue weighted by atomic mass is 16.5. The molecule has 3 aromatic rings. The SMILES string of the molecule is C=C(C=NC=CC)N1CCN(C(=N)c2cnc3cc(C4(CN5Cc6ccc(OC)cc6C5=O)NC(=O)NC4=O)oc3c2)CC1. The zero-order valence-electron chi connectivity index (χ0n) is 24.4. The number of nitrogens with zero attached hydrogens (tertiary/aromatic N) is 5. The maximum absolute atomic E-state index is 13.3. The molecule has 44 heavy (non-hydrogen) atoms. The van der Waals surface area contributed by atoms with Gasteiger partial charge in [-0.25, -0.2) is 4.79 Å². The summed E-state index contributed by atoms with van der Waals surface area (Å²) < 4.78 is 11.4. The van der Waals surface area contributed by atoms with E-state index in [2.05, 4.69) is 32.1 Å². The Morgan fingerprint density at radius 2 is 1.95 bits per heavy atom. The molecule has 2 fully saturated rings. The number of allylic oxidation sites excluding steroid dienone is 2. The lowest BCUT2D eigenvalue weighted by molar-refractivity contribution is -0.125. The zero-order valence-corrected chi connectivity index (χ0v) is 24.4. The molecule has 3 aliphatic heterocycles. The normalized spacial score (nSPS) is 20.1. The molecule has 3 aliphatic rings. The number of aliphatic imine (C=N–C) groups is 1. The Morgan fingerprint density at radius 3 is 2.66 bits per heavy atom. The number of amides is 4. The first kappa shape index (κ1) is 28.6. The summed E-state index contributed by atoms with van der Waals surface area (Å²) in [4.78, 5) is 53.3. The van der Waals surface area contributed by atoms with Gasteiger partial charge in [0.1, 0.15) is 22.9 Å². The molecule has 0 radical (unpaired) electrons. The lowest BCUT2D eigenvalue weighted by atomic mass is 9.95. The Balaban J connectivity index is 1.22. The summed E-state index contributed by atoms with van der Waals surface area (Å²) in [5, 5.41) is 13.8. The van der Waals surface area contributed by atoms with Gasteiger partial charge in [0.25, 0.3) is 11.8 Å². The molecule has 1 unspecified atom stereocenters. The molecule has 2 saturated heterocycles. The van der Waals surface area contributed by atoms with Crippen molar-refractivity contribution in [1.29, 1.82) is 5.41 Å². The van der Waals surface area contributed by atoms with Crippen molar-refractivity contribution in [3.8, 4) is 5.75 Å². The van der Waals surface area contributed by atoms with Gasteiger partial charge < -0.3 is 29.2 Å². The van der Waals surface area contributed by atoms with Gasteiger partial charge >= 0.3 is 6.03 Å². The van der Waals surface area contributed by atoms with E-state index in [1.807, 2.05) is 24.0 Å². The number of aromatic nitrogens is 1. The molecule has 0 saturated carbocycles. The average Bonchev–Trinajstić information content (AvgIpc) is 3.69. The Labute approximate surface area is 253 Å². The number of piperazine rings is 1. The van der Waals surface area contributed by atoms with Crippen molar-refractivity contribution in [2.45, 2.75) is 19.0 Å². The molecule has 226 valence electrons. The largest absolute Gasteiger partial charge is 0.497 e. The van der Waals surface area contributed by atoms with Gasteiger partial charge in [0, 0.05) is 74.2 Å². The van der Waals surface area contributed by atoms with Crippen molar-refractivity contribution in [2.24, 2.45) is 4.99 Å². The molecule has 2 aromatic heterocycles. The van der Waals surface area contributed by atoms with E-state index in [0.717, 1.165) is 11.3 Å². The molecular weight excluding hydrogens is 564 g/mol. The van der Waals surface area contributed by atoms with Crippen LogP contribution < -0.4 is 15.4 Å². The van der Waals surface area contributed by atoms with Gasteiger partial charge in [-0.3, -0.25) is 30.3 Å². The minimum absolute atomic E-state index is 0.139. The quantitative estimate of drug-likeness (QED) is 0.204. The maximum Gasteiger partial charge on any atom is 0.322 e. The predicted octanol–water partition coefficient (Wildman–Crippen LogP) is 2.59. The second-order valence-corrected chi connectivity index (χ2v) is 10.8. The average molecular weight is 597 g/mol. The van der Waals surface area contributed by atoms with Crippen molar-refractivity contribution in [1.82, 2.24) is 30.3 Å². The van der Waals surface area contributed by atoms with E-state index in [1.165, 1.54) is 12.0 Å². The van der Waals surface area contributed by atoms with Gasteiger partial charge in [-0.1, -0.05) is 18.7 Å². The van der Waals surface area contributed by atoms with E-state index in [0.29, 0.717) is 60.0 Å². The molecule has 1 atom stereocenters. The molecule has 0 bridgehead atoms. The van der Waals surface area contributed by atoms with Crippen molar-refractivity contribution in [3.63, 3.8) is 0 Å². The van der Waals surface area contributed by atoms with Crippen LogP contribution in [-0.4, -0.2) is 89.4 Å². The number of amidine groups is 1. The van der Waals surface area contributed by atoms with Crippen LogP contribution in [0.5, 0.6) is 5.75 Å². The van der Waals surface area contributed by atoms with E-state index >= 15 is 0 Å². The molecule has 1 aromatic carbocycles. The van der Waals surface area contributed by atoms with Gasteiger partial charge in [-0.2, -0.15) is 0 Å². The fourth-order valence-electron chi connectivity index (χ4n) is 5.69. The number of fused-ring (bicyclic) bond motifs is 2. The van der Waals surface area contributed by atoms with Crippen LogP contribution in [0.2, 0.25) is 0 Å². The van der Waals surface area contributed by atoms with Gasteiger partial charge in [0.15, 0.2) is 11.1 Å². The van der Waals surface area contributed by atoms with Crippen LogP contribution >= 0.6 is 0 Å². The zero-order chi connectivity index (χ0) is 31.0. The van der Waals surface area contributed by atoms with E-state index in [-0.39, 0.29) is 24.8 Å². The first-order valence-corrected chi connectivity index (χ1v) is 14.1. The highest BCUT2D eigenvalue weighted by Gasteiger charge is 2.53. The topological polar surface area (TPSA) is 156 Å². The Kier molecular flexibility index (Phi) is 7.37. The van der Waals surface area contributed by atoms with E-state index in [4.69, 9.17) is 14.6 Å². The van der Waals surface area contributed by atoms with Crippen LogP contribution in [0.4, 0.5) is 4.79 Å². The fourth-order valence-corrected chi connectivity index (χ4v) is 5.69. The van der Waals surface area contributed by atoms with Gasteiger partial charge in [0.2, 0.25) is 0 Å². The van der Waals surface area contributed by atoms with E-state index < -0.39 is 17.5 Å². The summed E-state index contributed by atoms with van der Waals surface area (Å²) in [6, 6.07) is 7.84. The van der Waals surface area contributed by atoms with Crippen LogP contribution in [0.15, 0.2) is 70.5 Å². The number of carbonyl (C=O) groups is 3. The number of pyridine rings is 1. The summed E-state index contributed by atoms with van der Waals surface area (Å²) in [5.74, 6) is 0.0620. The number of methoxy groups -OCH3 is 1. The maximum atomic E-state index is 13.3. The summed E-state index contributed by atoms with van der Waals surface area (Å²) in [5.41, 5.74) is 1.77. The number of urea groups is 1. The third-order valence-corrected chi connectivity index (χ3v) is 8.09. The monoisotopic (exact) mass is 596 g/mol. The van der Waals surface area contributed by atoms with E-state index in [9.17, 15) is 14.4 Å². The fraction of sp³-hybridized carbons (Fsp3) is 0.290. The number of rotatable bonds is 8.